The van der Waals surface area contributed by atoms with E-state index in [1.165, 1.54) is 6.92 Å². The predicted molar refractivity (Wildman–Crippen MR) is 129 cm³/mol. The Kier molecular flexibility index (Phi) is 6.31. The highest BCUT2D eigenvalue weighted by Gasteiger charge is 2.30. The Labute approximate surface area is 192 Å². The largest absolute Gasteiger partial charge is 0.493 e. The average Bonchev–Trinajstić information content (AvgIpc) is 3.15. The van der Waals surface area contributed by atoms with Gasteiger partial charge in [0.05, 0.1) is 31.2 Å². The number of hydrogen-bond donors (Lipinski definition) is 3. The van der Waals surface area contributed by atoms with E-state index in [1.54, 1.807) is 20.3 Å². The zero-order valence-electron chi connectivity index (χ0n) is 18.7. The lowest BCUT2D eigenvalue weighted by Gasteiger charge is -2.16. The lowest BCUT2D eigenvalue weighted by Crippen LogP contribution is -2.18. The lowest BCUT2D eigenvalue weighted by molar-refractivity contribution is -0.119. The standard InChI is InChI=1S/C26H25N3O4/c1-16(30)27-15-17-9-11-19(12-10-17)28-25(18-7-5-4-6-8-18)24-20-13-22(32-2)23(33-3)14-21(20)29-26(24)31/h4-14,28H,15H2,1-3H3,(H,27,30)(H,29,31)/b25-24-. The summed E-state index contributed by atoms with van der Waals surface area (Å²) in [6.07, 6.45) is 0. The number of rotatable bonds is 7. The maximum Gasteiger partial charge on any atom is 0.258 e. The van der Waals surface area contributed by atoms with Crippen LogP contribution in [0.3, 0.4) is 0 Å². The fourth-order valence-corrected chi connectivity index (χ4v) is 3.71. The van der Waals surface area contributed by atoms with Crippen LogP contribution in [0, 0.1) is 0 Å². The van der Waals surface area contributed by atoms with Crippen LogP contribution in [0.1, 0.15) is 23.6 Å². The quantitative estimate of drug-likeness (QED) is 0.475. The minimum Gasteiger partial charge on any atom is -0.493 e. The number of fused-ring (bicyclic) bond motifs is 1. The molecule has 0 atom stereocenters. The number of carbonyl (C=O) groups excluding carboxylic acids is 2. The summed E-state index contributed by atoms with van der Waals surface area (Å²) in [6, 6.07) is 21.0. The number of hydrogen-bond acceptors (Lipinski definition) is 5. The monoisotopic (exact) mass is 443 g/mol. The molecule has 0 aromatic heterocycles. The van der Waals surface area contributed by atoms with Crippen LogP contribution >= 0.6 is 0 Å². The second kappa shape index (κ2) is 9.48. The maximum atomic E-state index is 13.1. The van der Waals surface area contributed by atoms with Crippen molar-refractivity contribution in [3.8, 4) is 11.5 Å². The molecule has 1 heterocycles. The first-order chi connectivity index (χ1) is 16.0. The fraction of sp³-hybridized carbons (Fsp3) is 0.154. The molecule has 168 valence electrons. The molecule has 2 amide bonds. The van der Waals surface area contributed by atoms with Crippen LogP contribution in [0.15, 0.2) is 66.7 Å². The van der Waals surface area contributed by atoms with Crippen LogP contribution in [0.25, 0.3) is 11.3 Å². The van der Waals surface area contributed by atoms with Crippen molar-refractivity contribution in [3.63, 3.8) is 0 Å². The Hall–Kier alpha value is -4.26. The van der Waals surface area contributed by atoms with Crippen molar-refractivity contribution in [2.45, 2.75) is 13.5 Å². The van der Waals surface area contributed by atoms with Gasteiger partial charge in [-0.3, -0.25) is 9.59 Å². The molecule has 3 N–H and O–H groups in total. The molecule has 0 unspecified atom stereocenters. The smallest absolute Gasteiger partial charge is 0.258 e. The van der Waals surface area contributed by atoms with Crippen molar-refractivity contribution in [1.82, 2.24) is 5.32 Å². The molecule has 1 aliphatic heterocycles. The SMILES string of the molecule is COc1cc2c(cc1OC)/C(=C(/Nc1ccc(CNC(C)=O)cc1)c1ccccc1)C(=O)N2. The van der Waals surface area contributed by atoms with Gasteiger partial charge in [0.2, 0.25) is 5.91 Å². The molecule has 7 nitrogen and oxygen atoms in total. The molecule has 0 aliphatic carbocycles. The Balaban J connectivity index is 1.78. The molecular weight excluding hydrogens is 418 g/mol. The van der Waals surface area contributed by atoms with Gasteiger partial charge < -0.3 is 25.4 Å². The molecule has 0 saturated carbocycles. The third kappa shape index (κ3) is 4.67. The van der Waals surface area contributed by atoms with Gasteiger partial charge in [0.25, 0.3) is 5.91 Å². The van der Waals surface area contributed by atoms with E-state index in [1.807, 2.05) is 60.7 Å². The van der Waals surface area contributed by atoms with Crippen molar-refractivity contribution in [2.75, 3.05) is 24.9 Å². The van der Waals surface area contributed by atoms with E-state index < -0.39 is 0 Å². The zero-order chi connectivity index (χ0) is 23.4. The average molecular weight is 444 g/mol. The summed E-state index contributed by atoms with van der Waals surface area (Å²) < 4.78 is 10.8. The van der Waals surface area contributed by atoms with Gasteiger partial charge in [0.15, 0.2) is 11.5 Å². The van der Waals surface area contributed by atoms with Gasteiger partial charge in [0.1, 0.15) is 0 Å². The third-order valence-corrected chi connectivity index (χ3v) is 5.35. The molecule has 4 rings (SSSR count). The van der Waals surface area contributed by atoms with E-state index in [9.17, 15) is 9.59 Å². The van der Waals surface area contributed by atoms with Gasteiger partial charge in [-0.25, -0.2) is 0 Å². The number of anilines is 2. The number of methoxy groups -OCH3 is 2. The molecular formula is C26H25N3O4. The number of nitrogens with one attached hydrogen (secondary N) is 3. The van der Waals surface area contributed by atoms with Gasteiger partial charge in [0, 0.05) is 30.8 Å². The molecule has 1 aliphatic rings. The van der Waals surface area contributed by atoms with Crippen molar-refractivity contribution in [1.29, 1.82) is 0 Å². The Morgan fingerprint density at radius 3 is 2.24 bits per heavy atom. The van der Waals surface area contributed by atoms with Crippen LogP contribution < -0.4 is 25.4 Å². The van der Waals surface area contributed by atoms with Gasteiger partial charge >= 0.3 is 0 Å². The number of benzene rings is 3. The summed E-state index contributed by atoms with van der Waals surface area (Å²) in [4.78, 5) is 24.3. The highest BCUT2D eigenvalue weighted by Crippen LogP contribution is 2.43. The molecule has 0 fully saturated rings. The van der Waals surface area contributed by atoms with E-state index in [0.29, 0.717) is 35.0 Å². The summed E-state index contributed by atoms with van der Waals surface area (Å²) in [5, 5.41) is 9.15. The third-order valence-electron chi connectivity index (χ3n) is 5.35. The molecule has 0 saturated heterocycles. The maximum absolute atomic E-state index is 13.1. The van der Waals surface area contributed by atoms with Gasteiger partial charge in [-0.1, -0.05) is 42.5 Å². The number of ether oxygens (including phenoxy) is 2. The van der Waals surface area contributed by atoms with Gasteiger partial charge in [-0.05, 0) is 29.3 Å². The summed E-state index contributed by atoms with van der Waals surface area (Å²) >= 11 is 0. The molecule has 3 aromatic carbocycles. The molecule has 0 radical (unpaired) electrons. The minimum atomic E-state index is -0.214. The van der Waals surface area contributed by atoms with E-state index in [4.69, 9.17) is 9.47 Å². The van der Waals surface area contributed by atoms with Crippen molar-refractivity contribution >= 4 is 34.5 Å². The van der Waals surface area contributed by atoms with Crippen LogP contribution in [-0.2, 0) is 16.1 Å². The lowest BCUT2D eigenvalue weighted by atomic mass is 9.99. The first-order valence-electron chi connectivity index (χ1n) is 10.5. The first kappa shape index (κ1) is 22.0. The normalized spacial score (nSPS) is 13.6. The Morgan fingerprint density at radius 1 is 0.939 bits per heavy atom. The zero-order valence-corrected chi connectivity index (χ0v) is 18.7. The van der Waals surface area contributed by atoms with Gasteiger partial charge in [-0.2, -0.15) is 0 Å². The van der Waals surface area contributed by atoms with E-state index in [0.717, 1.165) is 22.4 Å². The predicted octanol–water partition coefficient (Wildman–Crippen LogP) is 4.27. The highest BCUT2D eigenvalue weighted by molar-refractivity contribution is 6.37. The topological polar surface area (TPSA) is 88.7 Å². The second-order valence-corrected chi connectivity index (χ2v) is 7.55. The van der Waals surface area contributed by atoms with E-state index in [-0.39, 0.29) is 11.8 Å². The number of carbonyl (C=O) groups is 2. The van der Waals surface area contributed by atoms with Crippen LogP contribution in [-0.4, -0.2) is 26.0 Å². The van der Waals surface area contributed by atoms with E-state index >= 15 is 0 Å². The molecule has 3 aromatic rings. The Bertz CT molecular complexity index is 1220. The van der Waals surface area contributed by atoms with Crippen LogP contribution in [0.4, 0.5) is 11.4 Å². The van der Waals surface area contributed by atoms with E-state index in [2.05, 4.69) is 16.0 Å². The van der Waals surface area contributed by atoms with Gasteiger partial charge in [-0.15, -0.1) is 0 Å². The highest BCUT2D eigenvalue weighted by atomic mass is 16.5. The summed E-state index contributed by atoms with van der Waals surface area (Å²) in [6.45, 7) is 1.95. The fourth-order valence-electron chi connectivity index (χ4n) is 3.71. The Morgan fingerprint density at radius 2 is 1.61 bits per heavy atom. The number of amides is 2. The van der Waals surface area contributed by atoms with Crippen molar-refractivity contribution in [3.05, 3.63) is 83.4 Å². The van der Waals surface area contributed by atoms with Crippen LogP contribution in [0.5, 0.6) is 11.5 Å². The van der Waals surface area contributed by atoms with Crippen LogP contribution in [0.2, 0.25) is 0 Å². The van der Waals surface area contributed by atoms with Crippen molar-refractivity contribution < 1.29 is 19.1 Å². The minimum absolute atomic E-state index is 0.0775. The molecule has 0 bridgehead atoms. The summed E-state index contributed by atoms with van der Waals surface area (Å²) in [5.74, 6) is 0.793. The summed E-state index contributed by atoms with van der Waals surface area (Å²) in [5.41, 5.74) is 5.24. The summed E-state index contributed by atoms with van der Waals surface area (Å²) in [7, 11) is 3.13. The molecule has 33 heavy (non-hydrogen) atoms. The second-order valence-electron chi connectivity index (χ2n) is 7.55. The first-order valence-corrected chi connectivity index (χ1v) is 10.5. The van der Waals surface area contributed by atoms with Crippen molar-refractivity contribution in [2.24, 2.45) is 0 Å². The molecule has 0 spiro atoms. The molecule has 7 heteroatoms.